The first-order valence-electron chi connectivity index (χ1n) is 4.73. The molecule has 0 heterocycles. The Labute approximate surface area is 88.5 Å². The van der Waals surface area contributed by atoms with Crippen LogP contribution in [0.25, 0.3) is 0 Å². The summed E-state index contributed by atoms with van der Waals surface area (Å²) in [5.41, 5.74) is 1.60. The van der Waals surface area contributed by atoms with Crippen LogP contribution in [0, 0.1) is 0 Å². The summed E-state index contributed by atoms with van der Waals surface area (Å²) in [6.07, 6.45) is 1.73. The fraction of sp³-hybridized carbons (Fsp3) is 0. The van der Waals surface area contributed by atoms with Crippen LogP contribution in [0.4, 0.5) is 5.69 Å². The van der Waals surface area contributed by atoms with Crippen molar-refractivity contribution < 1.29 is 5.11 Å². The van der Waals surface area contributed by atoms with Gasteiger partial charge in [-0.25, -0.2) is 0 Å². The van der Waals surface area contributed by atoms with Crippen molar-refractivity contribution in [3.8, 4) is 5.75 Å². The van der Waals surface area contributed by atoms with Crippen molar-refractivity contribution in [3.05, 3.63) is 60.2 Å². The van der Waals surface area contributed by atoms with Gasteiger partial charge in [-0.2, -0.15) is 0 Å². The molecule has 0 saturated heterocycles. The third kappa shape index (κ3) is 2.44. The Kier molecular flexibility index (Phi) is 2.79. The molecule has 0 bridgehead atoms. The second-order valence-corrected chi connectivity index (χ2v) is 3.16. The van der Waals surface area contributed by atoms with Crippen molar-refractivity contribution in [1.29, 1.82) is 0 Å². The number of nitrogens with zero attached hydrogens (tertiary/aromatic N) is 1. The van der Waals surface area contributed by atoms with Crippen LogP contribution in [0.1, 0.15) is 5.56 Å². The SMILES string of the molecule is Oc1ccccc1/N=C/c1ccccc1. The van der Waals surface area contributed by atoms with E-state index in [0.29, 0.717) is 5.69 Å². The molecule has 2 nitrogen and oxygen atoms in total. The predicted molar refractivity (Wildman–Crippen MR) is 61.8 cm³/mol. The molecule has 2 aromatic carbocycles. The van der Waals surface area contributed by atoms with E-state index in [1.54, 1.807) is 24.4 Å². The minimum Gasteiger partial charge on any atom is -0.506 e. The van der Waals surface area contributed by atoms with Crippen molar-refractivity contribution in [3.63, 3.8) is 0 Å². The highest BCUT2D eigenvalue weighted by Gasteiger charge is 1.94. The van der Waals surface area contributed by atoms with E-state index in [1.165, 1.54) is 0 Å². The molecule has 0 aliphatic heterocycles. The summed E-state index contributed by atoms with van der Waals surface area (Å²) < 4.78 is 0. The lowest BCUT2D eigenvalue weighted by Crippen LogP contribution is -1.77. The molecule has 2 rings (SSSR count). The van der Waals surface area contributed by atoms with E-state index in [9.17, 15) is 5.11 Å². The average Bonchev–Trinajstić information content (AvgIpc) is 2.29. The Balaban J connectivity index is 2.23. The molecule has 74 valence electrons. The van der Waals surface area contributed by atoms with Crippen molar-refractivity contribution in [2.75, 3.05) is 0 Å². The van der Waals surface area contributed by atoms with Gasteiger partial charge in [0.05, 0.1) is 0 Å². The lowest BCUT2D eigenvalue weighted by molar-refractivity contribution is 0.477. The van der Waals surface area contributed by atoms with E-state index in [0.717, 1.165) is 5.56 Å². The van der Waals surface area contributed by atoms with Crippen molar-refractivity contribution in [2.45, 2.75) is 0 Å². The first-order chi connectivity index (χ1) is 7.36. The molecule has 0 fully saturated rings. The number of hydrogen-bond acceptors (Lipinski definition) is 2. The maximum absolute atomic E-state index is 9.47. The van der Waals surface area contributed by atoms with Gasteiger partial charge in [0.2, 0.25) is 0 Å². The molecule has 0 spiro atoms. The lowest BCUT2D eigenvalue weighted by atomic mass is 10.2. The number of phenols is 1. The average molecular weight is 197 g/mol. The van der Waals surface area contributed by atoms with E-state index in [4.69, 9.17) is 0 Å². The summed E-state index contributed by atoms with van der Waals surface area (Å²) in [6.45, 7) is 0. The zero-order valence-electron chi connectivity index (χ0n) is 8.17. The molecule has 2 aromatic rings. The summed E-state index contributed by atoms with van der Waals surface area (Å²) in [5.74, 6) is 0.199. The minimum atomic E-state index is 0.199. The van der Waals surface area contributed by atoms with Crippen LogP contribution in [-0.4, -0.2) is 11.3 Å². The Morgan fingerprint density at radius 3 is 2.27 bits per heavy atom. The number of aromatic hydroxyl groups is 1. The van der Waals surface area contributed by atoms with E-state index >= 15 is 0 Å². The molecule has 0 atom stereocenters. The van der Waals surface area contributed by atoms with Gasteiger partial charge < -0.3 is 5.11 Å². The smallest absolute Gasteiger partial charge is 0.141 e. The Morgan fingerprint density at radius 2 is 1.53 bits per heavy atom. The fourth-order valence-electron chi connectivity index (χ4n) is 1.26. The van der Waals surface area contributed by atoms with Gasteiger partial charge in [-0.1, -0.05) is 42.5 Å². The van der Waals surface area contributed by atoms with Crippen LogP contribution in [0.15, 0.2) is 59.6 Å². The molecular formula is C13H11NO. The van der Waals surface area contributed by atoms with E-state index in [-0.39, 0.29) is 5.75 Å². The zero-order valence-corrected chi connectivity index (χ0v) is 8.17. The monoisotopic (exact) mass is 197 g/mol. The number of hydrogen-bond donors (Lipinski definition) is 1. The van der Waals surface area contributed by atoms with Crippen LogP contribution < -0.4 is 0 Å². The zero-order chi connectivity index (χ0) is 10.5. The Bertz CT molecular complexity index is 463. The number of aliphatic imine (C=N–C) groups is 1. The van der Waals surface area contributed by atoms with E-state index in [1.807, 2.05) is 36.4 Å². The summed E-state index contributed by atoms with van der Waals surface area (Å²) in [5, 5.41) is 9.47. The van der Waals surface area contributed by atoms with Gasteiger partial charge in [0.15, 0.2) is 0 Å². The molecule has 2 heteroatoms. The van der Waals surface area contributed by atoms with E-state index < -0.39 is 0 Å². The summed E-state index contributed by atoms with van der Waals surface area (Å²) >= 11 is 0. The molecular weight excluding hydrogens is 186 g/mol. The summed E-state index contributed by atoms with van der Waals surface area (Å²) in [7, 11) is 0. The standard InChI is InChI=1S/C13H11NO/c15-13-9-5-4-8-12(13)14-10-11-6-2-1-3-7-11/h1-10,15H/b14-10+. The van der Waals surface area contributed by atoms with Crippen molar-refractivity contribution in [2.24, 2.45) is 4.99 Å². The maximum Gasteiger partial charge on any atom is 0.141 e. The highest BCUT2D eigenvalue weighted by molar-refractivity contribution is 5.82. The van der Waals surface area contributed by atoms with Gasteiger partial charge in [-0.3, -0.25) is 4.99 Å². The molecule has 0 radical (unpaired) electrons. The highest BCUT2D eigenvalue weighted by atomic mass is 16.3. The Morgan fingerprint density at radius 1 is 0.867 bits per heavy atom. The number of phenolic OH excluding ortho intramolecular Hbond substituents is 1. The third-order valence-corrected chi connectivity index (χ3v) is 2.03. The molecule has 1 N–H and O–H groups in total. The van der Waals surface area contributed by atoms with Gasteiger partial charge in [0, 0.05) is 6.21 Å². The number of rotatable bonds is 2. The normalized spacial score (nSPS) is 10.7. The first kappa shape index (κ1) is 9.46. The largest absolute Gasteiger partial charge is 0.506 e. The van der Waals surface area contributed by atoms with Crippen LogP contribution in [0.3, 0.4) is 0 Å². The number of para-hydroxylation sites is 2. The Hall–Kier alpha value is -2.09. The van der Waals surface area contributed by atoms with Gasteiger partial charge in [-0.15, -0.1) is 0 Å². The minimum absolute atomic E-state index is 0.199. The molecule has 0 amide bonds. The second kappa shape index (κ2) is 4.42. The van der Waals surface area contributed by atoms with Gasteiger partial charge in [0.1, 0.15) is 11.4 Å². The molecule has 0 saturated carbocycles. The van der Waals surface area contributed by atoms with Crippen molar-refractivity contribution in [1.82, 2.24) is 0 Å². The van der Waals surface area contributed by atoms with Crippen LogP contribution >= 0.6 is 0 Å². The van der Waals surface area contributed by atoms with Crippen molar-refractivity contribution >= 4 is 11.9 Å². The highest BCUT2D eigenvalue weighted by Crippen LogP contribution is 2.24. The van der Waals surface area contributed by atoms with E-state index in [2.05, 4.69) is 4.99 Å². The molecule has 0 aliphatic rings. The lowest BCUT2D eigenvalue weighted by Gasteiger charge is -1.96. The first-order valence-corrected chi connectivity index (χ1v) is 4.73. The number of benzene rings is 2. The van der Waals surface area contributed by atoms with Crippen LogP contribution in [0.5, 0.6) is 5.75 Å². The maximum atomic E-state index is 9.47. The molecule has 0 aliphatic carbocycles. The van der Waals surface area contributed by atoms with Gasteiger partial charge in [0.25, 0.3) is 0 Å². The van der Waals surface area contributed by atoms with Gasteiger partial charge in [-0.05, 0) is 17.7 Å². The molecule has 15 heavy (non-hydrogen) atoms. The summed E-state index contributed by atoms with van der Waals surface area (Å²) in [4.78, 5) is 4.20. The van der Waals surface area contributed by atoms with Crippen LogP contribution in [0.2, 0.25) is 0 Å². The van der Waals surface area contributed by atoms with Gasteiger partial charge >= 0.3 is 0 Å². The third-order valence-electron chi connectivity index (χ3n) is 2.03. The second-order valence-electron chi connectivity index (χ2n) is 3.16. The molecule has 0 aromatic heterocycles. The fourth-order valence-corrected chi connectivity index (χ4v) is 1.26. The quantitative estimate of drug-likeness (QED) is 0.737. The summed E-state index contributed by atoms with van der Waals surface area (Å²) in [6, 6.07) is 16.8. The molecule has 0 unspecified atom stereocenters. The topological polar surface area (TPSA) is 32.6 Å². The predicted octanol–water partition coefficient (Wildman–Crippen LogP) is 3.14. The van der Waals surface area contributed by atoms with Crippen LogP contribution in [-0.2, 0) is 0 Å².